The summed E-state index contributed by atoms with van der Waals surface area (Å²) in [4.78, 5) is 14.4. The summed E-state index contributed by atoms with van der Waals surface area (Å²) in [6.07, 6.45) is 4.08. The predicted octanol–water partition coefficient (Wildman–Crippen LogP) is 5.05. The molecule has 1 N–H and O–H groups in total. The van der Waals surface area contributed by atoms with E-state index >= 15 is 0 Å². The summed E-state index contributed by atoms with van der Waals surface area (Å²) in [7, 11) is 0. The van der Waals surface area contributed by atoms with Gasteiger partial charge in [0.25, 0.3) is 0 Å². The van der Waals surface area contributed by atoms with Crippen LogP contribution in [0.5, 0.6) is 0 Å². The average molecular weight is 416 g/mol. The number of nitrogens with zero attached hydrogens (tertiary/aromatic N) is 1. The van der Waals surface area contributed by atoms with Crippen molar-refractivity contribution in [3.05, 3.63) is 65.0 Å². The lowest BCUT2D eigenvalue weighted by molar-refractivity contribution is 0.0442. The number of ether oxygens (including phenoxy) is 1. The summed E-state index contributed by atoms with van der Waals surface area (Å²) in [6.45, 7) is 2.42. The molecule has 0 radical (unpaired) electrons. The number of anilines is 1. The SMILES string of the molecule is Cc1cc(C(=O)OCC2CCCC2)ccc1N1C(O)CSC1c1ccc(F)cc1. The Morgan fingerprint density at radius 3 is 2.62 bits per heavy atom. The Morgan fingerprint density at radius 1 is 1.21 bits per heavy atom. The number of hydrogen-bond acceptors (Lipinski definition) is 5. The van der Waals surface area contributed by atoms with Gasteiger partial charge in [0.2, 0.25) is 0 Å². The molecule has 1 aliphatic carbocycles. The smallest absolute Gasteiger partial charge is 0.338 e. The van der Waals surface area contributed by atoms with Crippen molar-refractivity contribution in [2.75, 3.05) is 17.3 Å². The van der Waals surface area contributed by atoms with E-state index in [1.54, 1.807) is 30.0 Å². The maximum Gasteiger partial charge on any atom is 0.338 e. The standard InChI is InChI=1S/C23H26FNO3S/c1-15-12-18(23(27)28-13-16-4-2-3-5-16)8-11-20(15)25-21(26)14-29-22(25)17-6-9-19(24)10-7-17/h6-12,16,21-22,26H,2-5,13-14H2,1H3. The highest BCUT2D eigenvalue weighted by molar-refractivity contribution is 7.99. The number of aryl methyl sites for hydroxylation is 1. The molecule has 1 heterocycles. The molecule has 4 rings (SSSR count). The Labute approximate surface area is 175 Å². The molecular formula is C23H26FNO3S. The molecular weight excluding hydrogens is 389 g/mol. The number of benzene rings is 2. The first-order valence-electron chi connectivity index (χ1n) is 10.1. The van der Waals surface area contributed by atoms with Crippen LogP contribution in [0.3, 0.4) is 0 Å². The normalized spacial score (nSPS) is 22.2. The molecule has 154 valence electrons. The molecule has 0 aromatic heterocycles. The minimum atomic E-state index is -0.645. The van der Waals surface area contributed by atoms with E-state index in [9.17, 15) is 14.3 Å². The van der Waals surface area contributed by atoms with Crippen LogP contribution in [0.1, 0.15) is 52.5 Å². The first-order chi connectivity index (χ1) is 14.0. The Balaban J connectivity index is 1.51. The van der Waals surface area contributed by atoms with Crippen LogP contribution >= 0.6 is 11.8 Å². The van der Waals surface area contributed by atoms with Gasteiger partial charge in [0.05, 0.1) is 12.2 Å². The van der Waals surface area contributed by atoms with E-state index in [0.29, 0.717) is 23.8 Å². The zero-order valence-corrected chi connectivity index (χ0v) is 17.3. The summed E-state index contributed by atoms with van der Waals surface area (Å²) < 4.78 is 18.8. The molecule has 1 saturated carbocycles. The van der Waals surface area contributed by atoms with Crippen LogP contribution in [0.2, 0.25) is 0 Å². The third-order valence-corrected chi connectivity index (χ3v) is 7.07. The fourth-order valence-electron chi connectivity index (χ4n) is 4.19. The van der Waals surface area contributed by atoms with Gasteiger partial charge < -0.3 is 14.7 Å². The lowest BCUT2D eigenvalue weighted by Crippen LogP contribution is -2.33. The van der Waals surface area contributed by atoms with Crippen molar-refractivity contribution in [2.24, 2.45) is 5.92 Å². The van der Waals surface area contributed by atoms with Crippen molar-refractivity contribution in [3.8, 4) is 0 Å². The second kappa shape index (κ2) is 8.76. The van der Waals surface area contributed by atoms with Crippen LogP contribution in [0.15, 0.2) is 42.5 Å². The fraction of sp³-hybridized carbons (Fsp3) is 0.435. The van der Waals surface area contributed by atoms with Crippen LogP contribution < -0.4 is 4.90 Å². The molecule has 0 spiro atoms. The number of aliphatic hydroxyl groups is 1. The van der Waals surface area contributed by atoms with E-state index in [4.69, 9.17) is 4.74 Å². The summed E-state index contributed by atoms with van der Waals surface area (Å²) in [5, 5.41) is 10.5. The number of esters is 1. The topological polar surface area (TPSA) is 49.8 Å². The number of hydrogen-bond donors (Lipinski definition) is 1. The molecule has 2 aliphatic rings. The first-order valence-corrected chi connectivity index (χ1v) is 11.2. The van der Waals surface area contributed by atoms with Crippen molar-refractivity contribution in [2.45, 2.75) is 44.2 Å². The zero-order chi connectivity index (χ0) is 20.4. The molecule has 2 atom stereocenters. The Morgan fingerprint density at radius 2 is 1.93 bits per heavy atom. The molecule has 0 bridgehead atoms. The van der Waals surface area contributed by atoms with E-state index in [1.807, 2.05) is 24.0 Å². The predicted molar refractivity (Wildman–Crippen MR) is 114 cm³/mol. The summed E-state index contributed by atoms with van der Waals surface area (Å²) in [5.41, 5.74) is 3.23. The number of aliphatic hydroxyl groups excluding tert-OH is 1. The maximum absolute atomic E-state index is 13.3. The quantitative estimate of drug-likeness (QED) is 0.693. The number of rotatable bonds is 5. The second-order valence-corrected chi connectivity index (χ2v) is 8.99. The van der Waals surface area contributed by atoms with Crippen molar-refractivity contribution in [3.63, 3.8) is 0 Å². The maximum atomic E-state index is 13.3. The highest BCUT2D eigenvalue weighted by Gasteiger charge is 2.35. The van der Waals surface area contributed by atoms with E-state index in [2.05, 4.69) is 0 Å². The first kappa shape index (κ1) is 20.2. The molecule has 6 heteroatoms. The van der Waals surface area contributed by atoms with Crippen molar-refractivity contribution in [1.82, 2.24) is 0 Å². The van der Waals surface area contributed by atoms with Crippen LogP contribution in [-0.2, 0) is 4.74 Å². The van der Waals surface area contributed by atoms with Gasteiger partial charge in [-0.2, -0.15) is 0 Å². The summed E-state index contributed by atoms with van der Waals surface area (Å²) in [6, 6.07) is 11.8. The molecule has 2 aromatic carbocycles. The van der Waals surface area contributed by atoms with Gasteiger partial charge in [-0.25, -0.2) is 9.18 Å². The third kappa shape index (κ3) is 4.43. The second-order valence-electron chi connectivity index (χ2n) is 7.88. The Kier molecular flexibility index (Phi) is 6.11. The molecule has 2 aromatic rings. The average Bonchev–Trinajstić information content (AvgIpc) is 3.37. The van der Waals surface area contributed by atoms with Gasteiger partial charge in [-0.15, -0.1) is 11.8 Å². The molecule has 4 nitrogen and oxygen atoms in total. The van der Waals surface area contributed by atoms with Crippen LogP contribution in [0.4, 0.5) is 10.1 Å². The highest BCUT2D eigenvalue weighted by Crippen LogP contribution is 2.44. The van der Waals surface area contributed by atoms with Gasteiger partial charge in [0.1, 0.15) is 17.4 Å². The largest absolute Gasteiger partial charge is 0.462 e. The van der Waals surface area contributed by atoms with Gasteiger partial charge >= 0.3 is 5.97 Å². The lowest BCUT2D eigenvalue weighted by atomic mass is 10.1. The van der Waals surface area contributed by atoms with E-state index in [1.165, 1.54) is 25.0 Å². The van der Waals surface area contributed by atoms with Crippen molar-refractivity contribution < 1.29 is 19.0 Å². The minimum Gasteiger partial charge on any atom is -0.462 e. The molecule has 2 fully saturated rings. The number of carbonyl (C=O) groups excluding carboxylic acids is 1. The molecule has 2 unspecified atom stereocenters. The monoisotopic (exact) mass is 415 g/mol. The van der Waals surface area contributed by atoms with E-state index < -0.39 is 6.23 Å². The summed E-state index contributed by atoms with van der Waals surface area (Å²) in [5.74, 6) is 0.484. The molecule has 1 aliphatic heterocycles. The van der Waals surface area contributed by atoms with Crippen molar-refractivity contribution in [1.29, 1.82) is 0 Å². The van der Waals surface area contributed by atoms with Gasteiger partial charge in [-0.3, -0.25) is 0 Å². The zero-order valence-electron chi connectivity index (χ0n) is 16.5. The molecule has 29 heavy (non-hydrogen) atoms. The molecule has 0 amide bonds. The van der Waals surface area contributed by atoms with E-state index in [0.717, 1.165) is 29.7 Å². The van der Waals surface area contributed by atoms with Gasteiger partial charge in [0, 0.05) is 11.4 Å². The Bertz CT molecular complexity index is 867. The number of halogens is 1. The third-order valence-electron chi connectivity index (χ3n) is 5.77. The van der Waals surface area contributed by atoms with E-state index in [-0.39, 0.29) is 17.2 Å². The number of carbonyl (C=O) groups is 1. The Hall–Kier alpha value is -2.05. The fourth-order valence-corrected chi connectivity index (χ4v) is 5.47. The minimum absolute atomic E-state index is 0.107. The van der Waals surface area contributed by atoms with Crippen LogP contribution in [0.25, 0.3) is 0 Å². The van der Waals surface area contributed by atoms with Gasteiger partial charge in [-0.1, -0.05) is 25.0 Å². The lowest BCUT2D eigenvalue weighted by Gasteiger charge is -2.30. The van der Waals surface area contributed by atoms with Gasteiger partial charge in [-0.05, 0) is 67.1 Å². The highest BCUT2D eigenvalue weighted by atomic mass is 32.2. The number of thioether (sulfide) groups is 1. The van der Waals surface area contributed by atoms with Crippen LogP contribution in [0, 0.1) is 18.7 Å². The molecule has 1 saturated heterocycles. The van der Waals surface area contributed by atoms with Crippen LogP contribution in [-0.4, -0.2) is 29.7 Å². The summed E-state index contributed by atoms with van der Waals surface area (Å²) >= 11 is 1.62. The van der Waals surface area contributed by atoms with Crippen molar-refractivity contribution >= 4 is 23.4 Å². The van der Waals surface area contributed by atoms with Gasteiger partial charge in [0.15, 0.2) is 0 Å².